The number of phosphoric ester groups is 1. The quantitative estimate of drug-likeness (QED) is 0.0446. The highest BCUT2D eigenvalue weighted by Crippen LogP contribution is 2.48. The number of nitrogens with two attached hydrogens (primary N) is 1. The molecule has 9 heterocycles. The summed E-state index contributed by atoms with van der Waals surface area (Å²) in [7, 11) is -8.11. The number of ether oxygens (including phenoxy) is 1. The number of carboxylic acid groups (broad SMARTS) is 1. The molecule has 0 bridgehead atoms. The summed E-state index contributed by atoms with van der Waals surface area (Å²) in [5, 5.41) is 10.3. The van der Waals surface area contributed by atoms with Crippen molar-refractivity contribution in [3.05, 3.63) is 158 Å². The van der Waals surface area contributed by atoms with Crippen molar-refractivity contribution < 1.29 is 87.9 Å². The summed E-state index contributed by atoms with van der Waals surface area (Å²) in [5.41, 5.74) is 11.5. The van der Waals surface area contributed by atoms with Crippen LogP contribution in [0.1, 0.15) is 246 Å². The molecule has 0 atom stereocenters. The largest absolute Gasteiger partial charge is 0.478 e. The molecule has 674 valence electrons. The van der Waals surface area contributed by atoms with E-state index in [4.69, 9.17) is 61.7 Å². The Bertz CT molecular complexity index is 5860. The fourth-order valence-corrected chi connectivity index (χ4v) is 18.9. The number of hydrogen-bond donors (Lipinski definition) is 4. The Labute approximate surface area is 738 Å². The van der Waals surface area contributed by atoms with E-state index in [9.17, 15) is 55.6 Å². The summed E-state index contributed by atoms with van der Waals surface area (Å²) in [6.45, 7) is 38.9. The molecule has 27 nitrogen and oxygen atoms in total. The number of phosphoric acid groups is 1. The lowest BCUT2D eigenvalue weighted by atomic mass is 9.70. The van der Waals surface area contributed by atoms with Gasteiger partial charge in [-0.1, -0.05) is 118 Å². The summed E-state index contributed by atoms with van der Waals surface area (Å²) >= 11 is 11.7. The highest BCUT2D eigenvalue weighted by molar-refractivity contribution is 7.88. The van der Waals surface area contributed by atoms with Crippen LogP contribution in [0.3, 0.4) is 0 Å². The zero-order valence-electron chi connectivity index (χ0n) is 74.6. The Balaban J connectivity index is 0.000000173. The second-order valence-electron chi connectivity index (χ2n) is 39.8. The molecular weight excluding hydrogens is 1690 g/mol. The van der Waals surface area contributed by atoms with Gasteiger partial charge in [0.05, 0.1) is 49.7 Å². The minimum atomic E-state index is -4.75. The number of anilines is 2. The maximum absolute atomic E-state index is 14.2. The molecule has 3 aromatic carbocycles. The zero-order valence-corrected chi connectivity index (χ0v) is 77.8. The molecule has 0 unspecified atom stereocenters. The van der Waals surface area contributed by atoms with E-state index in [1.807, 2.05) is 116 Å². The van der Waals surface area contributed by atoms with Crippen molar-refractivity contribution in [1.82, 2.24) is 38.9 Å². The van der Waals surface area contributed by atoms with Crippen molar-refractivity contribution in [2.45, 2.75) is 215 Å². The Hall–Kier alpha value is -9.39. The molecule has 2 saturated carbocycles. The molecule has 6 aromatic heterocycles. The van der Waals surface area contributed by atoms with Gasteiger partial charge in [0.1, 0.15) is 45.5 Å². The second kappa shape index (κ2) is 35.0. The molecular formula is C92H115Cl2F2N10O17PS. The number of hydrogen-bond acceptors (Lipinski definition) is 19. The van der Waals surface area contributed by atoms with E-state index in [0.29, 0.717) is 133 Å². The van der Waals surface area contributed by atoms with Crippen molar-refractivity contribution in [1.29, 1.82) is 0 Å². The topological polar surface area (TPSA) is 356 Å². The number of benzene rings is 3. The number of piperazine rings is 3. The van der Waals surface area contributed by atoms with Gasteiger partial charge in [-0.05, 0) is 194 Å². The van der Waals surface area contributed by atoms with Crippen LogP contribution in [0.2, 0.25) is 10.0 Å². The van der Waals surface area contributed by atoms with Crippen LogP contribution in [-0.2, 0) is 49.7 Å². The first-order valence-electron chi connectivity index (χ1n) is 42.0. The van der Waals surface area contributed by atoms with Crippen LogP contribution in [0, 0.1) is 28.4 Å². The van der Waals surface area contributed by atoms with Crippen LogP contribution < -0.4 is 10.6 Å². The van der Waals surface area contributed by atoms with Crippen LogP contribution in [0.25, 0.3) is 55.7 Å². The van der Waals surface area contributed by atoms with Crippen LogP contribution in [0.15, 0.2) is 104 Å². The number of nitrogens with zero attached hydrogens (tertiary/aromatic N) is 9. The van der Waals surface area contributed by atoms with Gasteiger partial charge in [-0.2, -0.15) is 4.31 Å². The van der Waals surface area contributed by atoms with Gasteiger partial charge in [0.25, 0.3) is 17.7 Å². The third-order valence-corrected chi connectivity index (χ3v) is 27.2. The average Bonchev–Trinajstić information content (AvgIpc) is 1.61. The molecule has 3 aliphatic heterocycles. The predicted octanol–water partition coefficient (Wildman–Crippen LogP) is 18.4. The fraction of sp³-hybridized carbons (Fsp3) is 0.511. The summed E-state index contributed by atoms with van der Waals surface area (Å²) in [6, 6.07) is 25.5. The minimum Gasteiger partial charge on any atom is -0.478 e. The van der Waals surface area contributed by atoms with Crippen molar-refractivity contribution in [3.8, 4) is 22.5 Å². The highest BCUT2D eigenvalue weighted by Gasteiger charge is 2.47. The number of carboxylic acids is 1. The van der Waals surface area contributed by atoms with Crippen LogP contribution in [0.5, 0.6) is 0 Å². The monoisotopic (exact) mass is 1800 g/mol. The third-order valence-electron chi connectivity index (χ3n) is 24.9. The molecule has 5 fully saturated rings. The van der Waals surface area contributed by atoms with Gasteiger partial charge in [0, 0.05) is 110 Å². The smallest absolute Gasteiger partial charge is 0.472 e. The normalized spacial score (nSPS) is 19.7. The minimum absolute atomic E-state index is 0.0117. The van der Waals surface area contributed by atoms with E-state index in [1.165, 1.54) is 59.3 Å². The summed E-state index contributed by atoms with van der Waals surface area (Å²) in [5.74, 6) is -2.27. The summed E-state index contributed by atoms with van der Waals surface area (Å²) in [4.78, 5) is 119. The number of pyridine rings is 3. The van der Waals surface area contributed by atoms with Gasteiger partial charge in [-0.15, -0.1) is 0 Å². The number of halogens is 4. The van der Waals surface area contributed by atoms with Crippen molar-refractivity contribution >= 4 is 121 Å². The molecule has 0 radical (unpaired) electrons. The number of furan rings is 3. The van der Waals surface area contributed by atoms with E-state index < -0.39 is 70.2 Å². The predicted molar refractivity (Wildman–Crippen MR) is 476 cm³/mol. The van der Waals surface area contributed by atoms with E-state index in [-0.39, 0.29) is 98.4 Å². The number of aromatic nitrogens is 3. The van der Waals surface area contributed by atoms with E-state index in [0.717, 1.165) is 40.5 Å². The first kappa shape index (κ1) is 94.7. The molecule has 5 aliphatic rings. The maximum Gasteiger partial charge on any atom is 0.472 e. The van der Waals surface area contributed by atoms with Gasteiger partial charge < -0.3 is 63.1 Å². The molecule has 33 heteroatoms. The van der Waals surface area contributed by atoms with E-state index >= 15 is 0 Å². The highest BCUT2D eigenvalue weighted by atomic mass is 35.5. The number of carbonyl (C=O) groups excluding carboxylic acids is 5. The Morgan fingerprint density at radius 2 is 1.02 bits per heavy atom. The molecule has 14 rings (SSSR count). The van der Waals surface area contributed by atoms with Crippen LogP contribution in [0.4, 0.5) is 20.4 Å². The first-order chi connectivity index (χ1) is 57.8. The van der Waals surface area contributed by atoms with Crippen molar-refractivity contribution in [3.63, 3.8) is 0 Å². The standard InChI is InChI=1S/C37H55N2O9P.C30H31ClFN5O4.C25H29ClFN3O4S/c1-34(2,3)28-20-26(24-9-13-35(4,5)14-10-24)19-27-21-29(48-30(27)28)32(41)39-18-17-38(22-36(39,6)7)31(40)25-11-15-37(8,16-12-25)33(42)46-23-47-49(43,44)45;1-29(2,3)18-13-21(16-6-8-19(31)20(32)12-16)34-22-14-23(41-25(18)22)27(38)37-11-10-36(15-30(37,4)5)24-9-7-17(28(39)40)26(33)35-24;1-24(2,3)16-12-19(15-7-8-17(26)18(27)11-15)28-20-13-21(34-22(16)20)23(31)30-10-9-29(35(6,32)33)14-25(30,4)5/h19-21,24-25H,9-18,22-23H2,1-8H3,(H2,43,44,45);6-9,12-14H,10-11,15H2,1-5H3,(H2,33,35)(H,39,40);7-8,11-13H,9-10,14H2,1-6H3. The number of aromatic carboxylic acids is 1. The van der Waals surface area contributed by atoms with Gasteiger partial charge in [-0.25, -0.2) is 46.0 Å². The first-order valence-corrected chi connectivity index (χ1v) is 46.2. The van der Waals surface area contributed by atoms with Crippen LogP contribution in [-0.4, -0.2) is 186 Å². The van der Waals surface area contributed by atoms with Gasteiger partial charge in [0.2, 0.25) is 22.7 Å². The Morgan fingerprint density at radius 3 is 1.46 bits per heavy atom. The lowest BCUT2D eigenvalue weighted by Crippen LogP contribution is -2.62. The second-order valence-corrected chi connectivity index (χ2v) is 43.8. The lowest BCUT2D eigenvalue weighted by molar-refractivity contribution is -0.166. The van der Waals surface area contributed by atoms with Gasteiger partial charge in [-0.3, -0.25) is 24.0 Å². The third kappa shape index (κ3) is 21.1. The molecule has 3 saturated heterocycles. The number of esters is 1. The number of carbonyl (C=O) groups is 6. The molecule has 4 amide bonds. The SMILES string of the molecule is CC(C)(C)c1cc(-c2ccc(Cl)c(F)c2)nc2cc(C(=O)N3CCN(S(C)(=O)=O)CC3(C)C)oc12.CC(C)(C)c1cc(-c2ccc(Cl)c(F)c2)nc2cc(C(=O)N3CCN(c4ccc(C(=O)O)c(N)n4)CC3(C)C)oc12.CC1(C)CCC(c2cc(C(C)(C)C)c3oc(C(=O)N4CCN(C(=O)C5CCC(C)(C(=O)OCOP(=O)(O)O)CC5)CC4(C)C)cc3c2)CC1. The lowest BCUT2D eigenvalue weighted by Gasteiger charge is -2.48. The van der Waals surface area contributed by atoms with E-state index in [1.54, 1.807) is 47.1 Å². The Morgan fingerprint density at radius 1 is 0.568 bits per heavy atom. The van der Waals surface area contributed by atoms with Crippen molar-refractivity contribution in [2.24, 2.45) is 16.7 Å². The Kier molecular flexibility index (Phi) is 26.5. The fourth-order valence-electron chi connectivity index (χ4n) is 17.5. The average molecular weight is 1800 g/mol. The number of amides is 4. The zero-order chi connectivity index (χ0) is 91.9. The molecule has 5 N–H and O–H groups in total. The van der Waals surface area contributed by atoms with Gasteiger partial charge >= 0.3 is 19.8 Å². The van der Waals surface area contributed by atoms with E-state index in [2.05, 4.69) is 61.2 Å². The maximum atomic E-state index is 14.2. The summed E-state index contributed by atoms with van der Waals surface area (Å²) in [6.07, 6.45) is 7.68. The molecule has 2 aliphatic carbocycles. The number of nitrogen functional groups attached to an aromatic ring is 1. The number of fused-ring (bicyclic) bond motifs is 3. The molecule has 0 spiro atoms. The summed E-state index contributed by atoms with van der Waals surface area (Å²) < 4.78 is 92.6. The molecule has 125 heavy (non-hydrogen) atoms. The number of rotatable bonds is 14. The number of sulfonamides is 1. The molecule has 9 aromatic rings. The van der Waals surface area contributed by atoms with Crippen LogP contribution >= 0.6 is 31.0 Å². The van der Waals surface area contributed by atoms with Crippen molar-refractivity contribution in [2.75, 3.05) is 82.6 Å². The van der Waals surface area contributed by atoms with Gasteiger partial charge in [0.15, 0.2) is 28.4 Å².